The first kappa shape index (κ1) is 10.4. The summed E-state index contributed by atoms with van der Waals surface area (Å²) in [4.78, 5) is 1.98. The van der Waals surface area contributed by atoms with Crippen molar-refractivity contribution < 1.29 is 4.74 Å². The summed E-state index contributed by atoms with van der Waals surface area (Å²) in [5.74, 6) is 0.618. The lowest BCUT2D eigenvalue weighted by Crippen LogP contribution is -2.31. The van der Waals surface area contributed by atoms with Crippen LogP contribution in [0.2, 0.25) is 0 Å². The molecule has 0 aliphatic heterocycles. The van der Waals surface area contributed by atoms with E-state index in [2.05, 4.69) is 0 Å². The van der Waals surface area contributed by atoms with Crippen molar-refractivity contribution >= 4 is 5.84 Å². The van der Waals surface area contributed by atoms with Crippen LogP contribution in [0, 0.1) is 5.41 Å². The van der Waals surface area contributed by atoms with Gasteiger partial charge in [0, 0.05) is 19.7 Å². The SMILES string of the molecule is CCOCCN(CC)C(C)=N. The zero-order valence-corrected chi connectivity index (χ0v) is 7.68. The first-order valence-electron chi connectivity index (χ1n) is 4.10. The Morgan fingerprint density at radius 3 is 2.45 bits per heavy atom. The lowest BCUT2D eigenvalue weighted by Gasteiger charge is -2.20. The molecule has 3 nitrogen and oxygen atoms in total. The lowest BCUT2D eigenvalue weighted by molar-refractivity contribution is 0.133. The number of hydrogen-bond acceptors (Lipinski definition) is 2. The molecule has 0 heterocycles. The molecule has 0 amide bonds. The van der Waals surface area contributed by atoms with Gasteiger partial charge in [-0.05, 0) is 20.8 Å². The minimum atomic E-state index is 0.618. The Bertz CT molecular complexity index is 115. The molecule has 0 bridgehead atoms. The largest absolute Gasteiger partial charge is 0.380 e. The van der Waals surface area contributed by atoms with E-state index in [9.17, 15) is 0 Å². The molecule has 0 spiro atoms. The molecule has 0 radical (unpaired) electrons. The Balaban J connectivity index is 3.44. The van der Waals surface area contributed by atoms with Crippen LogP contribution in [0.5, 0.6) is 0 Å². The summed E-state index contributed by atoms with van der Waals surface area (Å²) in [5.41, 5.74) is 0. The zero-order chi connectivity index (χ0) is 8.69. The molecule has 1 N–H and O–H groups in total. The summed E-state index contributed by atoms with van der Waals surface area (Å²) in [6, 6.07) is 0. The first-order valence-corrected chi connectivity index (χ1v) is 4.10. The van der Waals surface area contributed by atoms with Crippen LogP contribution in [0.3, 0.4) is 0 Å². The molecule has 0 atom stereocenters. The molecule has 0 aliphatic rings. The monoisotopic (exact) mass is 158 g/mol. The van der Waals surface area contributed by atoms with Crippen molar-refractivity contribution in [1.82, 2.24) is 4.90 Å². The number of rotatable bonds is 5. The van der Waals surface area contributed by atoms with Gasteiger partial charge in [0.1, 0.15) is 0 Å². The minimum Gasteiger partial charge on any atom is -0.380 e. The number of amidine groups is 1. The Hall–Kier alpha value is -0.570. The number of hydrogen-bond donors (Lipinski definition) is 1. The fourth-order valence-corrected chi connectivity index (χ4v) is 0.882. The Morgan fingerprint density at radius 2 is 2.09 bits per heavy atom. The molecular weight excluding hydrogens is 140 g/mol. The summed E-state index contributed by atoms with van der Waals surface area (Å²) in [5, 5.41) is 7.36. The Kier molecular flexibility index (Phi) is 5.84. The highest BCUT2D eigenvalue weighted by Crippen LogP contribution is 1.88. The molecular formula is C8H18N2O. The van der Waals surface area contributed by atoms with Gasteiger partial charge in [-0.1, -0.05) is 0 Å². The average Bonchev–Trinajstić information content (AvgIpc) is 1.97. The molecule has 0 aromatic rings. The number of nitrogens with one attached hydrogen (secondary N) is 1. The van der Waals surface area contributed by atoms with Gasteiger partial charge >= 0.3 is 0 Å². The molecule has 66 valence electrons. The van der Waals surface area contributed by atoms with Crippen LogP contribution in [0.4, 0.5) is 0 Å². The minimum absolute atomic E-state index is 0.618. The van der Waals surface area contributed by atoms with Crippen LogP contribution in [0.25, 0.3) is 0 Å². The molecule has 0 fully saturated rings. The van der Waals surface area contributed by atoms with E-state index in [1.54, 1.807) is 6.92 Å². The Labute approximate surface area is 68.9 Å². The molecule has 0 saturated heterocycles. The molecule has 0 aromatic heterocycles. The second-order valence-electron chi connectivity index (χ2n) is 2.36. The van der Waals surface area contributed by atoms with E-state index in [0.29, 0.717) is 5.84 Å². The zero-order valence-electron chi connectivity index (χ0n) is 7.68. The third kappa shape index (κ3) is 4.79. The van der Waals surface area contributed by atoms with Crippen molar-refractivity contribution in [3.8, 4) is 0 Å². The normalized spacial score (nSPS) is 9.73. The van der Waals surface area contributed by atoms with Crippen molar-refractivity contribution in [2.45, 2.75) is 20.8 Å². The van der Waals surface area contributed by atoms with E-state index >= 15 is 0 Å². The van der Waals surface area contributed by atoms with Crippen molar-refractivity contribution in [3.05, 3.63) is 0 Å². The third-order valence-corrected chi connectivity index (χ3v) is 1.57. The van der Waals surface area contributed by atoms with Gasteiger partial charge in [0.15, 0.2) is 0 Å². The summed E-state index contributed by atoms with van der Waals surface area (Å²) in [7, 11) is 0. The highest BCUT2D eigenvalue weighted by Gasteiger charge is 2.00. The van der Waals surface area contributed by atoms with E-state index in [-0.39, 0.29) is 0 Å². The molecule has 0 rings (SSSR count). The predicted octanol–water partition coefficient (Wildman–Crippen LogP) is 1.34. The molecule has 0 saturated carbocycles. The van der Waals surface area contributed by atoms with Crippen LogP contribution < -0.4 is 0 Å². The van der Waals surface area contributed by atoms with Crippen LogP contribution in [0.15, 0.2) is 0 Å². The number of likely N-dealkylation sites (N-methyl/N-ethyl adjacent to an activating group) is 1. The first-order chi connectivity index (χ1) is 5.22. The van der Waals surface area contributed by atoms with Crippen LogP contribution in [-0.4, -0.2) is 37.0 Å². The van der Waals surface area contributed by atoms with Gasteiger partial charge < -0.3 is 9.64 Å². The van der Waals surface area contributed by atoms with Crippen LogP contribution >= 0.6 is 0 Å². The molecule has 11 heavy (non-hydrogen) atoms. The molecule has 3 heteroatoms. The second kappa shape index (κ2) is 6.16. The maximum Gasteiger partial charge on any atom is 0.0926 e. The molecule has 0 unspecified atom stereocenters. The van der Waals surface area contributed by atoms with Crippen molar-refractivity contribution in [2.24, 2.45) is 0 Å². The summed E-state index contributed by atoms with van der Waals surface area (Å²) >= 11 is 0. The summed E-state index contributed by atoms with van der Waals surface area (Å²) in [6.07, 6.45) is 0. The maximum atomic E-state index is 7.36. The standard InChI is InChI=1S/C8H18N2O/c1-4-10(8(3)9)6-7-11-5-2/h9H,4-7H2,1-3H3. The topological polar surface area (TPSA) is 36.3 Å². The van der Waals surface area contributed by atoms with Gasteiger partial charge in [-0.3, -0.25) is 5.41 Å². The third-order valence-electron chi connectivity index (χ3n) is 1.57. The van der Waals surface area contributed by atoms with Crippen molar-refractivity contribution in [1.29, 1.82) is 5.41 Å². The number of ether oxygens (including phenoxy) is 1. The van der Waals surface area contributed by atoms with Gasteiger partial charge in [0.05, 0.1) is 12.4 Å². The van der Waals surface area contributed by atoms with Gasteiger partial charge in [-0.2, -0.15) is 0 Å². The van der Waals surface area contributed by atoms with Crippen molar-refractivity contribution in [3.63, 3.8) is 0 Å². The van der Waals surface area contributed by atoms with E-state index in [1.165, 1.54) is 0 Å². The van der Waals surface area contributed by atoms with Gasteiger partial charge in [0.25, 0.3) is 0 Å². The Morgan fingerprint density at radius 1 is 1.45 bits per heavy atom. The lowest BCUT2D eigenvalue weighted by atomic mass is 10.4. The maximum absolute atomic E-state index is 7.36. The van der Waals surface area contributed by atoms with Gasteiger partial charge in [0.2, 0.25) is 0 Å². The van der Waals surface area contributed by atoms with E-state index in [4.69, 9.17) is 10.1 Å². The molecule has 0 aliphatic carbocycles. The van der Waals surface area contributed by atoms with Gasteiger partial charge in [-0.15, -0.1) is 0 Å². The predicted molar refractivity (Wildman–Crippen MR) is 47.1 cm³/mol. The summed E-state index contributed by atoms with van der Waals surface area (Å²) in [6.45, 7) is 9.03. The highest BCUT2D eigenvalue weighted by atomic mass is 16.5. The fourth-order valence-electron chi connectivity index (χ4n) is 0.882. The van der Waals surface area contributed by atoms with Crippen LogP contribution in [-0.2, 0) is 4.74 Å². The van der Waals surface area contributed by atoms with E-state index in [0.717, 1.165) is 26.3 Å². The van der Waals surface area contributed by atoms with E-state index in [1.807, 2.05) is 18.7 Å². The van der Waals surface area contributed by atoms with Crippen LogP contribution in [0.1, 0.15) is 20.8 Å². The van der Waals surface area contributed by atoms with E-state index < -0.39 is 0 Å². The van der Waals surface area contributed by atoms with Crippen molar-refractivity contribution in [2.75, 3.05) is 26.3 Å². The highest BCUT2D eigenvalue weighted by molar-refractivity contribution is 5.76. The average molecular weight is 158 g/mol. The quantitative estimate of drug-likeness (QED) is 0.372. The number of nitrogens with zero attached hydrogens (tertiary/aromatic N) is 1. The molecule has 0 aromatic carbocycles. The smallest absolute Gasteiger partial charge is 0.0926 e. The second-order valence-corrected chi connectivity index (χ2v) is 2.36. The fraction of sp³-hybridized carbons (Fsp3) is 0.875. The van der Waals surface area contributed by atoms with Gasteiger partial charge in [-0.25, -0.2) is 0 Å². The summed E-state index contributed by atoms with van der Waals surface area (Å²) < 4.78 is 5.18.